The van der Waals surface area contributed by atoms with Crippen LogP contribution in [-0.4, -0.2) is 32.2 Å². The third kappa shape index (κ3) is 3.45. The first-order valence-electron chi connectivity index (χ1n) is 5.93. The van der Waals surface area contributed by atoms with Gasteiger partial charge in [0, 0.05) is 11.4 Å². The summed E-state index contributed by atoms with van der Waals surface area (Å²) in [4.78, 5) is 13.3. The predicted octanol–water partition coefficient (Wildman–Crippen LogP) is 1.17. The highest BCUT2D eigenvalue weighted by Crippen LogP contribution is 2.13. The van der Waals surface area contributed by atoms with E-state index < -0.39 is 0 Å². The zero-order valence-corrected chi connectivity index (χ0v) is 10.7. The molecule has 1 N–H and O–H groups in total. The lowest BCUT2D eigenvalue weighted by molar-refractivity contribution is -0.888. The fourth-order valence-electron chi connectivity index (χ4n) is 2.16. The molecule has 2 rings (SSSR count). The topological polar surface area (TPSA) is 30.7 Å². The summed E-state index contributed by atoms with van der Waals surface area (Å²) in [5.74, 6) is -0.271. The van der Waals surface area contributed by atoms with Crippen molar-refractivity contribution in [2.45, 2.75) is 18.9 Å². The molecule has 17 heavy (non-hydrogen) atoms. The molecule has 0 aliphatic carbocycles. The van der Waals surface area contributed by atoms with Crippen LogP contribution in [0.1, 0.15) is 23.2 Å². The van der Waals surface area contributed by atoms with Crippen molar-refractivity contribution in [3.8, 4) is 0 Å². The van der Waals surface area contributed by atoms with E-state index >= 15 is 0 Å². The van der Waals surface area contributed by atoms with Gasteiger partial charge in [-0.25, -0.2) is 4.79 Å². The van der Waals surface area contributed by atoms with Crippen molar-refractivity contribution in [2.24, 2.45) is 0 Å². The minimum atomic E-state index is -0.271. The average molecular weight is 255 g/mol. The lowest BCUT2D eigenvalue weighted by Crippen LogP contribution is -3.11. The Morgan fingerprint density at radius 2 is 2.35 bits per heavy atom. The zero-order chi connectivity index (χ0) is 12.3. The Kier molecular flexibility index (Phi) is 4.02. The Balaban J connectivity index is 1.97. The number of likely N-dealkylation sites (N-methyl/N-ethyl adjacent to an activating group) is 1. The van der Waals surface area contributed by atoms with E-state index in [1.54, 1.807) is 24.3 Å². The summed E-state index contributed by atoms with van der Waals surface area (Å²) in [6.45, 7) is 2.05. The number of benzene rings is 1. The van der Waals surface area contributed by atoms with Crippen LogP contribution in [0.15, 0.2) is 24.3 Å². The van der Waals surface area contributed by atoms with E-state index in [2.05, 4.69) is 7.05 Å². The van der Waals surface area contributed by atoms with E-state index in [0.717, 1.165) is 25.9 Å². The summed E-state index contributed by atoms with van der Waals surface area (Å²) < 4.78 is 5.48. The molecule has 4 heteroatoms. The van der Waals surface area contributed by atoms with Crippen LogP contribution in [-0.2, 0) is 4.74 Å². The summed E-state index contributed by atoms with van der Waals surface area (Å²) in [6.07, 6.45) is 2.11. The predicted molar refractivity (Wildman–Crippen MR) is 66.5 cm³/mol. The van der Waals surface area contributed by atoms with Gasteiger partial charge in [0.05, 0.1) is 19.2 Å². The van der Waals surface area contributed by atoms with E-state index in [0.29, 0.717) is 10.6 Å². The quantitative estimate of drug-likeness (QED) is 0.804. The Morgan fingerprint density at radius 1 is 1.53 bits per heavy atom. The maximum Gasteiger partial charge on any atom is 0.338 e. The molecule has 1 saturated heterocycles. The van der Waals surface area contributed by atoms with Crippen molar-refractivity contribution < 1.29 is 14.4 Å². The molecule has 1 aliphatic rings. The smallest absolute Gasteiger partial charge is 0.338 e. The highest BCUT2D eigenvalue weighted by molar-refractivity contribution is 6.30. The fourth-order valence-corrected chi connectivity index (χ4v) is 2.35. The van der Waals surface area contributed by atoms with Crippen molar-refractivity contribution in [2.75, 3.05) is 20.1 Å². The average Bonchev–Trinajstić information content (AvgIpc) is 2.29. The molecule has 1 fully saturated rings. The number of esters is 1. The van der Waals surface area contributed by atoms with Crippen LogP contribution in [0.2, 0.25) is 5.02 Å². The second-order valence-corrected chi connectivity index (χ2v) is 5.03. The van der Waals surface area contributed by atoms with Crippen LogP contribution in [0.4, 0.5) is 0 Å². The SMILES string of the molecule is C[NH+]1CCC[C@H](OC(=O)c2cccc(Cl)c2)C1. The number of quaternary nitrogens is 1. The van der Waals surface area contributed by atoms with Crippen LogP contribution in [0.5, 0.6) is 0 Å². The standard InChI is InChI=1S/C13H16ClNO2/c1-15-7-3-6-12(9-15)17-13(16)10-4-2-5-11(14)8-10/h2,4-5,8,12H,3,6-7,9H2,1H3/p+1/t12-/m0/s1. The van der Waals surface area contributed by atoms with Crippen LogP contribution < -0.4 is 4.90 Å². The molecule has 2 atom stereocenters. The van der Waals surface area contributed by atoms with E-state index in [-0.39, 0.29) is 12.1 Å². The molecule has 0 bridgehead atoms. The van der Waals surface area contributed by atoms with Crippen LogP contribution >= 0.6 is 11.6 Å². The first kappa shape index (κ1) is 12.4. The zero-order valence-electron chi connectivity index (χ0n) is 9.91. The van der Waals surface area contributed by atoms with E-state index in [9.17, 15) is 4.79 Å². The van der Waals surface area contributed by atoms with Gasteiger partial charge in [-0.05, 0) is 24.6 Å². The maximum absolute atomic E-state index is 11.9. The second kappa shape index (κ2) is 5.52. The highest BCUT2D eigenvalue weighted by Gasteiger charge is 2.24. The number of hydrogen-bond acceptors (Lipinski definition) is 2. The van der Waals surface area contributed by atoms with Crippen LogP contribution in [0.25, 0.3) is 0 Å². The lowest BCUT2D eigenvalue weighted by Gasteiger charge is -2.26. The Labute approximate surface area is 106 Å². The van der Waals surface area contributed by atoms with Gasteiger partial charge in [-0.15, -0.1) is 0 Å². The number of carbonyl (C=O) groups is 1. The number of rotatable bonds is 2. The van der Waals surface area contributed by atoms with Gasteiger partial charge in [0.15, 0.2) is 6.10 Å². The summed E-state index contributed by atoms with van der Waals surface area (Å²) >= 11 is 5.84. The largest absolute Gasteiger partial charge is 0.453 e. The summed E-state index contributed by atoms with van der Waals surface area (Å²) in [5, 5.41) is 0.561. The first-order valence-corrected chi connectivity index (χ1v) is 6.31. The molecule has 0 saturated carbocycles. The number of likely N-dealkylation sites (tertiary alicyclic amines) is 1. The third-order valence-electron chi connectivity index (χ3n) is 3.04. The number of piperidine rings is 1. The highest BCUT2D eigenvalue weighted by atomic mass is 35.5. The molecule has 0 amide bonds. The molecule has 3 nitrogen and oxygen atoms in total. The van der Waals surface area contributed by atoms with E-state index in [1.807, 2.05) is 0 Å². The van der Waals surface area contributed by atoms with Gasteiger partial charge < -0.3 is 9.64 Å². The molecule has 92 valence electrons. The third-order valence-corrected chi connectivity index (χ3v) is 3.27. The summed E-state index contributed by atoms with van der Waals surface area (Å²) in [5.41, 5.74) is 0.528. The van der Waals surface area contributed by atoms with Gasteiger partial charge >= 0.3 is 5.97 Å². The van der Waals surface area contributed by atoms with Gasteiger partial charge in [0.2, 0.25) is 0 Å². The van der Waals surface area contributed by atoms with Gasteiger partial charge in [-0.2, -0.15) is 0 Å². The fraction of sp³-hybridized carbons (Fsp3) is 0.462. The van der Waals surface area contributed by atoms with Crippen molar-refractivity contribution in [1.82, 2.24) is 0 Å². The molecule has 0 spiro atoms. The van der Waals surface area contributed by atoms with Crippen molar-refractivity contribution in [1.29, 1.82) is 0 Å². The van der Waals surface area contributed by atoms with Crippen molar-refractivity contribution >= 4 is 17.6 Å². The number of hydrogen-bond donors (Lipinski definition) is 1. The van der Waals surface area contributed by atoms with Crippen molar-refractivity contribution in [3.63, 3.8) is 0 Å². The Bertz CT molecular complexity index is 408. The molecule has 0 radical (unpaired) electrons. The maximum atomic E-state index is 11.9. The Hall–Kier alpha value is -1.06. The monoisotopic (exact) mass is 254 g/mol. The summed E-state index contributed by atoms with van der Waals surface area (Å²) in [6, 6.07) is 6.88. The summed E-state index contributed by atoms with van der Waals surface area (Å²) in [7, 11) is 2.12. The number of halogens is 1. The first-order chi connectivity index (χ1) is 8.15. The number of ether oxygens (including phenoxy) is 1. The molecular formula is C13H17ClNO2+. The van der Waals surface area contributed by atoms with Gasteiger partial charge in [0.25, 0.3) is 0 Å². The molecule has 1 aromatic rings. The lowest BCUT2D eigenvalue weighted by atomic mass is 10.1. The normalized spacial score (nSPS) is 24.4. The van der Waals surface area contributed by atoms with E-state index in [4.69, 9.17) is 16.3 Å². The van der Waals surface area contributed by atoms with Gasteiger partial charge in [-0.3, -0.25) is 0 Å². The minimum Gasteiger partial charge on any atom is -0.453 e. The van der Waals surface area contributed by atoms with Gasteiger partial charge in [-0.1, -0.05) is 17.7 Å². The Morgan fingerprint density at radius 3 is 3.06 bits per heavy atom. The molecule has 1 unspecified atom stereocenters. The minimum absolute atomic E-state index is 0.0373. The molecule has 1 heterocycles. The number of carbonyl (C=O) groups excluding carboxylic acids is 1. The van der Waals surface area contributed by atoms with Crippen molar-refractivity contribution in [3.05, 3.63) is 34.9 Å². The molecule has 0 aromatic heterocycles. The number of nitrogens with one attached hydrogen (secondary N) is 1. The van der Waals surface area contributed by atoms with E-state index in [1.165, 1.54) is 4.90 Å². The molecule has 1 aliphatic heterocycles. The molecule has 1 aromatic carbocycles. The van der Waals surface area contributed by atoms with Crippen LogP contribution in [0, 0.1) is 0 Å². The van der Waals surface area contributed by atoms with Gasteiger partial charge in [0.1, 0.15) is 6.54 Å². The van der Waals surface area contributed by atoms with Crippen LogP contribution in [0.3, 0.4) is 0 Å². The second-order valence-electron chi connectivity index (χ2n) is 4.59. The molecular weight excluding hydrogens is 238 g/mol.